The number of fused-ring (bicyclic) bond motifs is 3. The number of rotatable bonds is 8. The molecule has 2 aromatic rings. The summed E-state index contributed by atoms with van der Waals surface area (Å²) in [5.41, 5.74) is 1.50. The Hall–Kier alpha value is -2.54. The van der Waals surface area contributed by atoms with Crippen molar-refractivity contribution < 1.29 is 24.9 Å². The van der Waals surface area contributed by atoms with Crippen LogP contribution in [0.25, 0.3) is 0 Å². The van der Waals surface area contributed by atoms with Gasteiger partial charge in [0.05, 0.1) is 18.4 Å². The number of nitrogens with zero attached hydrogens (tertiary/aromatic N) is 1. The van der Waals surface area contributed by atoms with Crippen molar-refractivity contribution in [1.29, 1.82) is 0 Å². The van der Waals surface area contributed by atoms with E-state index in [1.807, 2.05) is 44.2 Å². The lowest BCUT2D eigenvalue weighted by molar-refractivity contribution is -0.160. The maximum absolute atomic E-state index is 12.2. The Morgan fingerprint density at radius 2 is 2.10 bits per heavy atom. The quantitative estimate of drug-likeness (QED) is 0.355. The Labute approximate surface area is 236 Å². The van der Waals surface area contributed by atoms with Gasteiger partial charge in [0.1, 0.15) is 5.75 Å². The molecule has 1 aliphatic heterocycles. The SMILES string of the molecule is C/C=C/[C@H](O)[C@@H]1CC[C@H]1CN1C[C@@]2(CCCc3cc(Cl)ccc32)COc2ccc(C(O)(CCC)C(=O)O)cc21. The molecule has 0 aromatic heterocycles. The number of benzene rings is 2. The molecular formula is C32H40ClNO5. The van der Waals surface area contributed by atoms with Crippen molar-refractivity contribution in [2.24, 2.45) is 11.8 Å². The van der Waals surface area contributed by atoms with Crippen LogP contribution in [0.3, 0.4) is 0 Å². The fourth-order valence-electron chi connectivity index (χ4n) is 7.00. The average molecular weight is 554 g/mol. The van der Waals surface area contributed by atoms with Gasteiger partial charge in [0.15, 0.2) is 5.60 Å². The number of ether oxygens (including phenoxy) is 1. The first-order valence-electron chi connectivity index (χ1n) is 14.3. The van der Waals surface area contributed by atoms with Gasteiger partial charge < -0.3 is 25.0 Å². The van der Waals surface area contributed by atoms with E-state index in [1.54, 1.807) is 6.07 Å². The molecule has 0 saturated heterocycles. The number of allylic oxidation sites excluding steroid dienone is 1. The molecule has 0 amide bonds. The molecule has 1 fully saturated rings. The number of hydrogen-bond acceptors (Lipinski definition) is 5. The van der Waals surface area contributed by atoms with E-state index >= 15 is 0 Å². The number of halogens is 1. The Morgan fingerprint density at radius 3 is 2.79 bits per heavy atom. The monoisotopic (exact) mass is 553 g/mol. The van der Waals surface area contributed by atoms with E-state index in [1.165, 1.54) is 11.1 Å². The second kappa shape index (κ2) is 11.1. The van der Waals surface area contributed by atoms with E-state index in [9.17, 15) is 20.1 Å². The summed E-state index contributed by atoms with van der Waals surface area (Å²) in [5.74, 6) is -0.0640. The highest BCUT2D eigenvalue weighted by atomic mass is 35.5. The molecule has 210 valence electrons. The van der Waals surface area contributed by atoms with Gasteiger partial charge >= 0.3 is 5.97 Å². The van der Waals surface area contributed by atoms with Gasteiger partial charge in [0.2, 0.25) is 0 Å². The van der Waals surface area contributed by atoms with Crippen LogP contribution >= 0.6 is 11.6 Å². The normalized spacial score (nSPS) is 26.6. The number of carboxylic acid groups (broad SMARTS) is 1. The number of anilines is 1. The van der Waals surface area contributed by atoms with Crippen molar-refractivity contribution >= 4 is 23.3 Å². The minimum Gasteiger partial charge on any atom is -0.490 e. The molecule has 39 heavy (non-hydrogen) atoms. The van der Waals surface area contributed by atoms with Crippen LogP contribution in [0.15, 0.2) is 48.6 Å². The van der Waals surface area contributed by atoms with Gasteiger partial charge in [0, 0.05) is 23.5 Å². The van der Waals surface area contributed by atoms with Crippen LogP contribution < -0.4 is 9.64 Å². The lowest BCUT2D eigenvalue weighted by Gasteiger charge is -2.45. The molecule has 2 aromatic carbocycles. The van der Waals surface area contributed by atoms with Crippen LogP contribution in [0.1, 0.15) is 69.1 Å². The van der Waals surface area contributed by atoms with Gasteiger partial charge in [-0.2, -0.15) is 0 Å². The van der Waals surface area contributed by atoms with Crippen molar-refractivity contribution in [3.05, 3.63) is 70.3 Å². The first-order chi connectivity index (χ1) is 18.7. The molecular weight excluding hydrogens is 514 g/mol. The highest BCUT2D eigenvalue weighted by molar-refractivity contribution is 6.30. The number of hydrogen-bond donors (Lipinski definition) is 3. The standard InChI is InChI=1S/C32H40ClNO5/c1-3-6-28(35)25-11-8-22(25)18-34-19-31(15-5-7-21-16-24(33)10-12-26(21)31)20-39-29-13-9-23(17-27(29)34)32(38,14-4-2)30(36)37/h3,6,9-10,12-13,16-17,22,25,28,35,38H,4-5,7-8,11,14-15,18-20H2,1-2H3,(H,36,37)/b6-3+/t22-,25+,28-,31-,32?/m0/s1. The van der Waals surface area contributed by atoms with E-state index in [0.29, 0.717) is 36.8 Å². The van der Waals surface area contributed by atoms with E-state index < -0.39 is 17.7 Å². The van der Waals surface area contributed by atoms with Crippen molar-refractivity contribution in [2.75, 3.05) is 24.6 Å². The molecule has 5 rings (SSSR count). The summed E-state index contributed by atoms with van der Waals surface area (Å²) in [6.07, 6.45) is 8.96. The Kier molecular flexibility index (Phi) is 8.01. The van der Waals surface area contributed by atoms with Crippen LogP contribution in [0.2, 0.25) is 5.02 Å². The third-order valence-corrected chi connectivity index (χ3v) is 9.47. The molecule has 3 aliphatic rings. The van der Waals surface area contributed by atoms with Crippen LogP contribution in [0.4, 0.5) is 5.69 Å². The highest BCUT2D eigenvalue weighted by Gasteiger charge is 2.45. The summed E-state index contributed by atoms with van der Waals surface area (Å²) in [7, 11) is 0. The molecule has 1 spiro atoms. The Bertz CT molecular complexity index is 1250. The number of aliphatic carboxylic acids is 1. The summed E-state index contributed by atoms with van der Waals surface area (Å²) in [5, 5.41) is 32.7. The first-order valence-corrected chi connectivity index (χ1v) is 14.7. The number of aryl methyl sites for hydroxylation is 1. The summed E-state index contributed by atoms with van der Waals surface area (Å²) in [6.45, 7) is 5.74. The molecule has 0 radical (unpaired) electrons. The van der Waals surface area contributed by atoms with E-state index in [2.05, 4.69) is 17.0 Å². The molecule has 0 bridgehead atoms. The topological polar surface area (TPSA) is 90.2 Å². The molecule has 6 nitrogen and oxygen atoms in total. The second-order valence-electron chi connectivity index (χ2n) is 11.7. The van der Waals surface area contributed by atoms with Crippen molar-refractivity contribution in [1.82, 2.24) is 0 Å². The molecule has 1 heterocycles. The average Bonchev–Trinajstić information content (AvgIpc) is 3.03. The fourth-order valence-corrected chi connectivity index (χ4v) is 7.20. The summed E-state index contributed by atoms with van der Waals surface area (Å²) in [6, 6.07) is 11.5. The van der Waals surface area contributed by atoms with E-state index in [0.717, 1.165) is 49.4 Å². The molecule has 1 saturated carbocycles. The Morgan fingerprint density at radius 1 is 1.28 bits per heavy atom. The van der Waals surface area contributed by atoms with Crippen molar-refractivity contribution in [3.63, 3.8) is 0 Å². The Balaban J connectivity index is 1.57. The van der Waals surface area contributed by atoms with Gasteiger partial charge in [-0.05, 0) is 98.2 Å². The summed E-state index contributed by atoms with van der Waals surface area (Å²) >= 11 is 6.37. The number of aliphatic hydroxyl groups excluding tert-OH is 1. The van der Waals surface area contributed by atoms with E-state index in [4.69, 9.17) is 16.3 Å². The van der Waals surface area contributed by atoms with Crippen LogP contribution in [-0.2, 0) is 22.2 Å². The lowest BCUT2D eigenvalue weighted by atomic mass is 9.68. The van der Waals surface area contributed by atoms with Crippen molar-refractivity contribution in [2.45, 2.75) is 75.9 Å². The summed E-state index contributed by atoms with van der Waals surface area (Å²) in [4.78, 5) is 14.5. The maximum atomic E-state index is 12.2. The van der Waals surface area contributed by atoms with Gasteiger partial charge in [0.25, 0.3) is 0 Å². The smallest absolute Gasteiger partial charge is 0.340 e. The molecule has 5 atom stereocenters. The minimum absolute atomic E-state index is 0.125. The number of carboxylic acids is 1. The first kappa shape index (κ1) is 28.0. The fraction of sp³-hybridized carbons (Fsp3) is 0.531. The molecule has 1 unspecified atom stereocenters. The van der Waals surface area contributed by atoms with E-state index in [-0.39, 0.29) is 17.8 Å². The second-order valence-corrected chi connectivity index (χ2v) is 12.2. The molecule has 2 aliphatic carbocycles. The maximum Gasteiger partial charge on any atom is 0.340 e. The zero-order valence-electron chi connectivity index (χ0n) is 22.9. The zero-order chi connectivity index (χ0) is 27.8. The van der Waals surface area contributed by atoms with Crippen LogP contribution in [0.5, 0.6) is 5.75 Å². The third-order valence-electron chi connectivity index (χ3n) is 9.24. The summed E-state index contributed by atoms with van der Waals surface area (Å²) < 4.78 is 6.53. The van der Waals surface area contributed by atoms with Gasteiger partial charge in [-0.1, -0.05) is 49.2 Å². The van der Waals surface area contributed by atoms with Gasteiger partial charge in [-0.25, -0.2) is 4.79 Å². The minimum atomic E-state index is -1.96. The number of aliphatic hydroxyl groups is 2. The largest absolute Gasteiger partial charge is 0.490 e. The highest BCUT2D eigenvalue weighted by Crippen LogP contribution is 2.47. The molecule has 3 N–H and O–H groups in total. The van der Waals surface area contributed by atoms with Gasteiger partial charge in [-0.3, -0.25) is 0 Å². The van der Waals surface area contributed by atoms with Crippen LogP contribution in [0, 0.1) is 11.8 Å². The third kappa shape index (κ3) is 5.19. The van der Waals surface area contributed by atoms with Crippen LogP contribution in [-0.4, -0.2) is 47.1 Å². The van der Waals surface area contributed by atoms with Crippen molar-refractivity contribution in [3.8, 4) is 5.75 Å². The van der Waals surface area contributed by atoms with Gasteiger partial charge in [-0.15, -0.1) is 0 Å². The lowest BCUT2D eigenvalue weighted by Crippen LogP contribution is -2.49. The number of carbonyl (C=O) groups is 1. The zero-order valence-corrected chi connectivity index (χ0v) is 23.7. The molecule has 7 heteroatoms. The predicted molar refractivity (Wildman–Crippen MR) is 154 cm³/mol. The predicted octanol–water partition coefficient (Wildman–Crippen LogP) is 5.85.